The van der Waals surface area contributed by atoms with E-state index in [1.807, 2.05) is 18.7 Å². The molecule has 0 spiro atoms. The van der Waals surface area contributed by atoms with Gasteiger partial charge in [0.15, 0.2) is 0 Å². The first kappa shape index (κ1) is 13.9. The Morgan fingerprint density at radius 1 is 1.48 bits per heavy atom. The van der Waals surface area contributed by atoms with Crippen LogP contribution < -0.4 is 16.4 Å². The van der Waals surface area contributed by atoms with E-state index in [-0.39, 0.29) is 11.6 Å². The van der Waals surface area contributed by atoms with Gasteiger partial charge in [-0.05, 0) is 31.9 Å². The molecule has 0 bridgehead atoms. The standard InChI is InChI=1S/C15H19FN4O/c1-7-8(2)19-13-10(15(18)21)5-11(16)14(12(7)13)20-4-3-9(17)6-20/h5,9,19H,3-4,6,17H2,1-2H3,(H2,18,21)/t9-/m0/s1. The van der Waals surface area contributed by atoms with Crippen molar-refractivity contribution in [2.45, 2.75) is 26.3 Å². The fraction of sp³-hybridized carbons (Fsp3) is 0.400. The van der Waals surface area contributed by atoms with Crippen molar-refractivity contribution in [1.82, 2.24) is 4.98 Å². The fourth-order valence-corrected chi connectivity index (χ4v) is 3.10. The van der Waals surface area contributed by atoms with E-state index in [4.69, 9.17) is 11.5 Å². The first-order valence-electron chi connectivity index (χ1n) is 7.02. The summed E-state index contributed by atoms with van der Waals surface area (Å²) in [4.78, 5) is 16.7. The van der Waals surface area contributed by atoms with Crippen molar-refractivity contribution >= 4 is 22.5 Å². The second kappa shape index (κ2) is 4.73. The molecule has 1 aromatic heterocycles. The van der Waals surface area contributed by atoms with Gasteiger partial charge in [-0.25, -0.2) is 4.39 Å². The topological polar surface area (TPSA) is 88.1 Å². The van der Waals surface area contributed by atoms with Crippen LogP contribution in [0.2, 0.25) is 0 Å². The summed E-state index contributed by atoms with van der Waals surface area (Å²) < 4.78 is 14.6. The molecular formula is C15H19FN4O. The van der Waals surface area contributed by atoms with Crippen molar-refractivity contribution in [1.29, 1.82) is 0 Å². The zero-order valence-corrected chi connectivity index (χ0v) is 12.2. The van der Waals surface area contributed by atoms with Gasteiger partial charge in [-0.2, -0.15) is 0 Å². The Labute approximate surface area is 122 Å². The number of fused-ring (bicyclic) bond motifs is 1. The van der Waals surface area contributed by atoms with Crippen LogP contribution in [0.5, 0.6) is 0 Å². The molecule has 5 nitrogen and oxygen atoms in total. The minimum absolute atomic E-state index is 0.0515. The van der Waals surface area contributed by atoms with Gasteiger partial charge in [-0.1, -0.05) is 0 Å². The number of H-pyrrole nitrogens is 1. The number of carbonyl (C=O) groups excluding carboxylic acids is 1. The number of rotatable bonds is 2. The number of halogens is 1. The second-order valence-corrected chi connectivity index (χ2v) is 5.74. The highest BCUT2D eigenvalue weighted by molar-refractivity contribution is 6.10. The van der Waals surface area contributed by atoms with Gasteiger partial charge in [0.1, 0.15) is 5.82 Å². The van der Waals surface area contributed by atoms with Gasteiger partial charge in [0.2, 0.25) is 0 Å². The second-order valence-electron chi connectivity index (χ2n) is 5.74. The quantitative estimate of drug-likeness (QED) is 0.784. The highest BCUT2D eigenvalue weighted by Gasteiger charge is 2.27. The summed E-state index contributed by atoms with van der Waals surface area (Å²) in [6, 6.07) is 1.27. The van der Waals surface area contributed by atoms with Gasteiger partial charge >= 0.3 is 0 Å². The number of aryl methyl sites for hydroxylation is 2. The van der Waals surface area contributed by atoms with Crippen molar-refractivity contribution in [2.75, 3.05) is 18.0 Å². The third-order valence-electron chi connectivity index (χ3n) is 4.31. The molecule has 2 heterocycles. The molecule has 112 valence electrons. The molecule has 1 fully saturated rings. The summed E-state index contributed by atoms with van der Waals surface area (Å²) >= 11 is 0. The Kier molecular flexibility index (Phi) is 3.13. The van der Waals surface area contributed by atoms with E-state index < -0.39 is 11.7 Å². The lowest BCUT2D eigenvalue weighted by Gasteiger charge is -2.21. The first-order valence-corrected chi connectivity index (χ1v) is 7.02. The molecule has 1 atom stereocenters. The highest BCUT2D eigenvalue weighted by Crippen LogP contribution is 2.37. The Hall–Kier alpha value is -2.08. The van der Waals surface area contributed by atoms with Crippen LogP contribution in [0.4, 0.5) is 10.1 Å². The molecule has 6 heteroatoms. The minimum atomic E-state index is -0.634. The number of hydrogen-bond acceptors (Lipinski definition) is 3. The summed E-state index contributed by atoms with van der Waals surface area (Å²) in [5, 5.41) is 0.732. The van der Waals surface area contributed by atoms with E-state index in [1.165, 1.54) is 6.07 Å². The number of hydrogen-bond donors (Lipinski definition) is 3. The van der Waals surface area contributed by atoms with Gasteiger partial charge in [0.05, 0.1) is 16.8 Å². The molecule has 2 aromatic rings. The van der Waals surface area contributed by atoms with E-state index in [9.17, 15) is 9.18 Å². The largest absolute Gasteiger partial charge is 0.367 e. The van der Waals surface area contributed by atoms with Crippen LogP contribution in [0, 0.1) is 19.7 Å². The maximum atomic E-state index is 14.6. The lowest BCUT2D eigenvalue weighted by Crippen LogP contribution is -2.27. The summed E-state index contributed by atoms with van der Waals surface area (Å²) in [6.07, 6.45) is 0.834. The van der Waals surface area contributed by atoms with Gasteiger partial charge in [0.25, 0.3) is 5.91 Å². The third-order valence-corrected chi connectivity index (χ3v) is 4.31. The molecular weight excluding hydrogens is 271 g/mol. The van der Waals surface area contributed by atoms with Crippen molar-refractivity contribution < 1.29 is 9.18 Å². The summed E-state index contributed by atoms with van der Waals surface area (Å²) in [6.45, 7) is 5.15. The Morgan fingerprint density at radius 3 is 2.76 bits per heavy atom. The van der Waals surface area contributed by atoms with Crippen molar-refractivity contribution in [3.05, 3.63) is 28.7 Å². The third kappa shape index (κ3) is 2.06. The van der Waals surface area contributed by atoms with Gasteiger partial charge < -0.3 is 21.4 Å². The molecule has 3 rings (SSSR count). The molecule has 5 N–H and O–H groups in total. The SMILES string of the molecule is Cc1[nH]c2c(C(N)=O)cc(F)c(N3CC[C@H](N)C3)c2c1C. The lowest BCUT2D eigenvalue weighted by atomic mass is 10.0. The van der Waals surface area contributed by atoms with Crippen LogP contribution in [-0.4, -0.2) is 30.0 Å². The summed E-state index contributed by atoms with van der Waals surface area (Å²) in [5.41, 5.74) is 14.5. The van der Waals surface area contributed by atoms with E-state index in [2.05, 4.69) is 4.98 Å². The Balaban J connectivity index is 2.32. The highest BCUT2D eigenvalue weighted by atomic mass is 19.1. The summed E-state index contributed by atoms with van der Waals surface area (Å²) in [5.74, 6) is -1.06. The summed E-state index contributed by atoms with van der Waals surface area (Å²) in [7, 11) is 0. The normalized spacial score (nSPS) is 18.7. The molecule has 1 aliphatic heterocycles. The molecule has 0 radical (unpaired) electrons. The van der Waals surface area contributed by atoms with E-state index >= 15 is 0 Å². The van der Waals surface area contributed by atoms with Crippen LogP contribution in [0.3, 0.4) is 0 Å². The van der Waals surface area contributed by atoms with E-state index in [0.717, 1.165) is 23.1 Å². The van der Waals surface area contributed by atoms with Crippen LogP contribution >= 0.6 is 0 Å². The molecule has 1 saturated heterocycles. The Morgan fingerprint density at radius 2 is 2.19 bits per heavy atom. The van der Waals surface area contributed by atoms with Crippen LogP contribution in [0.15, 0.2) is 6.07 Å². The maximum Gasteiger partial charge on any atom is 0.250 e. The van der Waals surface area contributed by atoms with E-state index in [1.54, 1.807) is 0 Å². The number of nitrogens with two attached hydrogens (primary N) is 2. The minimum Gasteiger partial charge on any atom is -0.367 e. The monoisotopic (exact) mass is 290 g/mol. The smallest absolute Gasteiger partial charge is 0.250 e. The number of amides is 1. The molecule has 1 amide bonds. The zero-order chi connectivity index (χ0) is 15.3. The van der Waals surface area contributed by atoms with Gasteiger partial charge in [-0.3, -0.25) is 4.79 Å². The Bertz CT molecular complexity index is 737. The van der Waals surface area contributed by atoms with Crippen molar-refractivity contribution in [3.63, 3.8) is 0 Å². The number of anilines is 1. The predicted octanol–water partition coefficient (Wildman–Crippen LogP) is 1.56. The van der Waals surface area contributed by atoms with Crippen LogP contribution in [0.1, 0.15) is 28.0 Å². The molecule has 1 aromatic carbocycles. The molecule has 0 unspecified atom stereocenters. The van der Waals surface area contributed by atoms with Crippen molar-refractivity contribution in [2.24, 2.45) is 11.5 Å². The van der Waals surface area contributed by atoms with E-state index in [0.29, 0.717) is 24.3 Å². The zero-order valence-electron chi connectivity index (χ0n) is 12.2. The van der Waals surface area contributed by atoms with Gasteiger partial charge in [0, 0.05) is 30.2 Å². The number of nitrogens with zero attached hydrogens (tertiary/aromatic N) is 1. The average Bonchev–Trinajstić information content (AvgIpc) is 2.95. The predicted molar refractivity (Wildman–Crippen MR) is 81.1 cm³/mol. The number of primary amides is 1. The number of nitrogens with one attached hydrogen (secondary N) is 1. The number of benzene rings is 1. The molecule has 0 saturated carbocycles. The first-order chi connectivity index (χ1) is 9.90. The molecule has 1 aliphatic rings. The van der Waals surface area contributed by atoms with Crippen LogP contribution in [-0.2, 0) is 0 Å². The van der Waals surface area contributed by atoms with Crippen molar-refractivity contribution in [3.8, 4) is 0 Å². The number of carbonyl (C=O) groups is 1. The van der Waals surface area contributed by atoms with Crippen LogP contribution in [0.25, 0.3) is 10.9 Å². The molecule has 21 heavy (non-hydrogen) atoms. The number of aromatic nitrogens is 1. The lowest BCUT2D eigenvalue weighted by molar-refractivity contribution is 0.100. The maximum absolute atomic E-state index is 14.6. The fourth-order valence-electron chi connectivity index (χ4n) is 3.10. The molecule has 0 aliphatic carbocycles. The van der Waals surface area contributed by atoms with Gasteiger partial charge in [-0.15, -0.1) is 0 Å². The average molecular weight is 290 g/mol. The number of aromatic amines is 1.